The first-order valence-electron chi connectivity index (χ1n) is 8.95. The van der Waals surface area contributed by atoms with Gasteiger partial charge in [-0.25, -0.2) is 8.42 Å². The van der Waals surface area contributed by atoms with E-state index in [4.69, 9.17) is 0 Å². The monoisotopic (exact) mass is 370 g/mol. The number of benzene rings is 2. The first-order chi connectivity index (χ1) is 12.4. The first kappa shape index (κ1) is 17.1. The predicted molar refractivity (Wildman–Crippen MR) is 103 cm³/mol. The standard InChI is InChI=1S/C20H22N2O3S/c1-26(24,25)22-11-3-6-16-12-17(8-10-19(16)22)20(23)21-18-9-7-14-4-2-5-15(14)13-18/h7-10,12-13H,2-6,11H2,1H3,(H,21,23). The third-order valence-electron chi connectivity index (χ3n) is 5.17. The summed E-state index contributed by atoms with van der Waals surface area (Å²) in [7, 11) is -3.29. The van der Waals surface area contributed by atoms with E-state index in [2.05, 4.69) is 17.4 Å². The lowest BCUT2D eigenvalue weighted by atomic mass is 10.0. The molecule has 0 saturated carbocycles. The van der Waals surface area contributed by atoms with Crippen LogP contribution in [-0.2, 0) is 29.3 Å². The number of amides is 1. The summed E-state index contributed by atoms with van der Waals surface area (Å²) in [4.78, 5) is 12.6. The van der Waals surface area contributed by atoms with Crippen LogP contribution in [0.3, 0.4) is 0 Å². The van der Waals surface area contributed by atoms with Crippen molar-refractivity contribution in [1.29, 1.82) is 0 Å². The Morgan fingerprint density at radius 3 is 2.54 bits per heavy atom. The van der Waals surface area contributed by atoms with Crippen molar-refractivity contribution in [3.05, 3.63) is 58.7 Å². The summed E-state index contributed by atoms with van der Waals surface area (Å²) >= 11 is 0. The van der Waals surface area contributed by atoms with E-state index < -0.39 is 10.0 Å². The molecule has 0 radical (unpaired) electrons. The summed E-state index contributed by atoms with van der Waals surface area (Å²) in [6, 6.07) is 11.4. The lowest BCUT2D eigenvalue weighted by Crippen LogP contribution is -2.34. The number of nitrogens with one attached hydrogen (secondary N) is 1. The molecular weight excluding hydrogens is 348 g/mol. The van der Waals surface area contributed by atoms with Crippen LogP contribution in [0.25, 0.3) is 0 Å². The van der Waals surface area contributed by atoms with Crippen LogP contribution in [0, 0.1) is 0 Å². The number of carbonyl (C=O) groups is 1. The molecular formula is C20H22N2O3S. The average Bonchev–Trinajstić information content (AvgIpc) is 3.07. The highest BCUT2D eigenvalue weighted by atomic mass is 32.2. The van der Waals surface area contributed by atoms with Gasteiger partial charge < -0.3 is 5.32 Å². The number of anilines is 2. The molecule has 2 aromatic rings. The molecule has 1 heterocycles. The van der Waals surface area contributed by atoms with Crippen molar-refractivity contribution in [3.63, 3.8) is 0 Å². The van der Waals surface area contributed by atoms with Gasteiger partial charge in [0, 0.05) is 17.8 Å². The van der Waals surface area contributed by atoms with Gasteiger partial charge >= 0.3 is 0 Å². The Balaban J connectivity index is 1.57. The molecule has 0 atom stereocenters. The molecule has 2 aliphatic rings. The highest BCUT2D eigenvalue weighted by Gasteiger charge is 2.24. The topological polar surface area (TPSA) is 66.5 Å². The molecule has 6 heteroatoms. The molecule has 0 fully saturated rings. The van der Waals surface area contributed by atoms with Gasteiger partial charge in [0.25, 0.3) is 5.91 Å². The van der Waals surface area contributed by atoms with Crippen LogP contribution in [0.5, 0.6) is 0 Å². The quantitative estimate of drug-likeness (QED) is 0.903. The van der Waals surface area contributed by atoms with Gasteiger partial charge in [-0.1, -0.05) is 6.07 Å². The van der Waals surface area contributed by atoms with Crippen molar-refractivity contribution in [2.75, 3.05) is 22.4 Å². The fraction of sp³-hybridized carbons (Fsp3) is 0.350. The molecule has 1 amide bonds. The molecule has 1 N–H and O–H groups in total. The summed E-state index contributed by atoms with van der Waals surface area (Å²) in [5, 5.41) is 2.97. The minimum atomic E-state index is -3.29. The zero-order valence-electron chi connectivity index (χ0n) is 14.8. The third kappa shape index (κ3) is 3.21. The number of hydrogen-bond acceptors (Lipinski definition) is 3. The molecule has 0 bridgehead atoms. The maximum Gasteiger partial charge on any atom is 0.255 e. The number of sulfonamides is 1. The second-order valence-corrected chi connectivity index (χ2v) is 8.98. The Labute approximate surface area is 154 Å². The van der Waals surface area contributed by atoms with Gasteiger partial charge in [0.15, 0.2) is 0 Å². The Bertz CT molecular complexity index is 983. The molecule has 0 spiro atoms. The van der Waals surface area contributed by atoms with Gasteiger partial charge in [-0.3, -0.25) is 9.10 Å². The lowest BCUT2D eigenvalue weighted by Gasteiger charge is -2.29. The molecule has 0 unspecified atom stereocenters. The number of hydrogen-bond donors (Lipinski definition) is 1. The Kier molecular flexibility index (Phi) is 4.23. The minimum Gasteiger partial charge on any atom is -0.322 e. The zero-order chi connectivity index (χ0) is 18.3. The Hall–Kier alpha value is -2.34. The summed E-state index contributed by atoms with van der Waals surface area (Å²) in [5.74, 6) is -0.165. The summed E-state index contributed by atoms with van der Waals surface area (Å²) in [5.41, 5.74) is 5.65. The number of aryl methyl sites for hydroxylation is 3. The maximum absolute atomic E-state index is 12.6. The highest BCUT2D eigenvalue weighted by Crippen LogP contribution is 2.30. The summed E-state index contributed by atoms with van der Waals surface area (Å²) in [6.07, 6.45) is 6.12. The Morgan fingerprint density at radius 1 is 0.962 bits per heavy atom. The highest BCUT2D eigenvalue weighted by molar-refractivity contribution is 7.92. The molecule has 5 nitrogen and oxygen atoms in total. The van der Waals surface area contributed by atoms with Gasteiger partial charge in [-0.2, -0.15) is 0 Å². The van der Waals surface area contributed by atoms with E-state index in [1.54, 1.807) is 12.1 Å². The number of nitrogens with zero attached hydrogens (tertiary/aromatic N) is 1. The lowest BCUT2D eigenvalue weighted by molar-refractivity contribution is 0.102. The van der Waals surface area contributed by atoms with Crippen LogP contribution in [0.2, 0.25) is 0 Å². The van der Waals surface area contributed by atoms with Crippen LogP contribution < -0.4 is 9.62 Å². The van der Waals surface area contributed by atoms with E-state index >= 15 is 0 Å². The predicted octanol–water partition coefficient (Wildman–Crippen LogP) is 3.14. The summed E-state index contributed by atoms with van der Waals surface area (Å²) < 4.78 is 25.3. The van der Waals surface area contributed by atoms with Gasteiger partial charge in [0.05, 0.1) is 11.9 Å². The molecule has 4 rings (SSSR count). The number of carbonyl (C=O) groups excluding carboxylic acids is 1. The van der Waals surface area contributed by atoms with E-state index in [1.165, 1.54) is 28.1 Å². The molecule has 136 valence electrons. The smallest absolute Gasteiger partial charge is 0.255 e. The SMILES string of the molecule is CS(=O)(=O)N1CCCc2cc(C(=O)Nc3ccc4c(c3)CCC4)ccc21. The van der Waals surface area contributed by atoms with E-state index in [9.17, 15) is 13.2 Å². The molecule has 26 heavy (non-hydrogen) atoms. The molecule has 0 aromatic heterocycles. The largest absolute Gasteiger partial charge is 0.322 e. The van der Waals surface area contributed by atoms with Crippen molar-refractivity contribution < 1.29 is 13.2 Å². The maximum atomic E-state index is 12.6. The van der Waals surface area contributed by atoms with E-state index in [0.29, 0.717) is 17.8 Å². The normalized spacial score (nSPS) is 16.1. The van der Waals surface area contributed by atoms with Crippen LogP contribution in [0.1, 0.15) is 39.9 Å². The molecule has 0 saturated heterocycles. The minimum absolute atomic E-state index is 0.165. The molecule has 2 aromatic carbocycles. The van der Waals surface area contributed by atoms with Gasteiger partial charge in [-0.15, -0.1) is 0 Å². The van der Waals surface area contributed by atoms with Crippen molar-refractivity contribution in [1.82, 2.24) is 0 Å². The second kappa shape index (κ2) is 6.43. The van der Waals surface area contributed by atoms with Crippen molar-refractivity contribution >= 4 is 27.3 Å². The third-order valence-corrected chi connectivity index (χ3v) is 6.35. The first-order valence-corrected chi connectivity index (χ1v) is 10.8. The van der Waals surface area contributed by atoms with Crippen LogP contribution in [0.4, 0.5) is 11.4 Å². The zero-order valence-corrected chi connectivity index (χ0v) is 15.6. The molecule has 1 aliphatic heterocycles. The van der Waals surface area contributed by atoms with Crippen molar-refractivity contribution in [2.24, 2.45) is 0 Å². The number of fused-ring (bicyclic) bond motifs is 2. The van der Waals surface area contributed by atoms with Crippen LogP contribution in [-0.4, -0.2) is 27.1 Å². The van der Waals surface area contributed by atoms with E-state index in [-0.39, 0.29) is 5.91 Å². The van der Waals surface area contributed by atoms with Crippen molar-refractivity contribution in [2.45, 2.75) is 32.1 Å². The Morgan fingerprint density at radius 2 is 1.73 bits per heavy atom. The van der Waals surface area contributed by atoms with Crippen molar-refractivity contribution in [3.8, 4) is 0 Å². The van der Waals surface area contributed by atoms with Gasteiger partial charge in [-0.05, 0) is 79.1 Å². The van der Waals surface area contributed by atoms with E-state index in [1.807, 2.05) is 12.1 Å². The second-order valence-electron chi connectivity index (χ2n) is 7.07. The van der Waals surface area contributed by atoms with Crippen LogP contribution in [0.15, 0.2) is 36.4 Å². The van der Waals surface area contributed by atoms with Crippen LogP contribution >= 0.6 is 0 Å². The number of rotatable bonds is 3. The van der Waals surface area contributed by atoms with Gasteiger partial charge in [0.1, 0.15) is 0 Å². The summed E-state index contributed by atoms with van der Waals surface area (Å²) in [6.45, 7) is 0.493. The average molecular weight is 370 g/mol. The van der Waals surface area contributed by atoms with E-state index in [0.717, 1.165) is 36.9 Å². The molecule has 1 aliphatic carbocycles. The fourth-order valence-corrected chi connectivity index (χ4v) is 4.90. The fourth-order valence-electron chi connectivity index (χ4n) is 3.90. The van der Waals surface area contributed by atoms with Gasteiger partial charge in [0.2, 0.25) is 10.0 Å².